The van der Waals surface area contributed by atoms with E-state index < -0.39 is 0 Å². The summed E-state index contributed by atoms with van der Waals surface area (Å²) in [4.78, 5) is 9.14. The molecule has 144 valence electrons. The van der Waals surface area contributed by atoms with E-state index in [1.807, 2.05) is 19.2 Å². The van der Waals surface area contributed by atoms with Crippen molar-refractivity contribution in [3.05, 3.63) is 24.3 Å². The first kappa shape index (κ1) is 18.8. The van der Waals surface area contributed by atoms with E-state index in [4.69, 9.17) is 4.74 Å². The zero-order chi connectivity index (χ0) is 18.5. The third-order valence-electron chi connectivity index (χ3n) is 5.49. The second kappa shape index (κ2) is 8.62. The van der Waals surface area contributed by atoms with Crippen molar-refractivity contribution in [2.75, 3.05) is 52.8 Å². The van der Waals surface area contributed by atoms with Gasteiger partial charge in [-0.1, -0.05) is 12.1 Å². The van der Waals surface area contributed by atoms with Crippen LogP contribution in [0.4, 0.5) is 5.69 Å². The minimum atomic E-state index is 0.393. The van der Waals surface area contributed by atoms with E-state index >= 15 is 0 Å². The molecule has 1 saturated carbocycles. The van der Waals surface area contributed by atoms with E-state index in [1.54, 1.807) is 7.11 Å². The third-order valence-corrected chi connectivity index (χ3v) is 5.49. The van der Waals surface area contributed by atoms with Gasteiger partial charge in [0.2, 0.25) is 0 Å². The number of hydrogen-bond acceptors (Lipinski definition) is 4. The van der Waals surface area contributed by atoms with Crippen LogP contribution in [0, 0.1) is 5.92 Å². The summed E-state index contributed by atoms with van der Waals surface area (Å²) in [6.07, 6.45) is 3.80. The maximum absolute atomic E-state index is 5.51. The summed E-state index contributed by atoms with van der Waals surface area (Å²) in [5.74, 6) is 2.68. The van der Waals surface area contributed by atoms with Crippen LogP contribution in [0.2, 0.25) is 0 Å². The second-order valence-corrected chi connectivity index (χ2v) is 7.57. The van der Waals surface area contributed by atoms with Gasteiger partial charge in [0.25, 0.3) is 0 Å². The first-order chi connectivity index (χ1) is 12.6. The Balaban J connectivity index is 1.52. The first-order valence-electron chi connectivity index (χ1n) is 9.64. The lowest BCUT2D eigenvalue weighted by atomic mass is 10.1. The fourth-order valence-electron chi connectivity index (χ4n) is 3.83. The van der Waals surface area contributed by atoms with E-state index in [0.717, 1.165) is 43.7 Å². The summed E-state index contributed by atoms with van der Waals surface area (Å²) in [7, 11) is 7.92. The van der Waals surface area contributed by atoms with Crippen LogP contribution >= 0.6 is 0 Å². The number of nitrogens with one attached hydrogen (secondary N) is 2. The summed E-state index contributed by atoms with van der Waals surface area (Å²) in [5.41, 5.74) is 1.17. The minimum Gasteiger partial charge on any atom is -0.495 e. The number of ether oxygens (including phenoxy) is 1. The molecule has 3 rings (SSSR count). The Bertz CT molecular complexity index is 612. The van der Waals surface area contributed by atoms with Gasteiger partial charge in [-0.3, -0.25) is 4.99 Å². The number of para-hydroxylation sites is 2. The Hall–Kier alpha value is -1.95. The molecule has 0 spiro atoms. The summed E-state index contributed by atoms with van der Waals surface area (Å²) in [6, 6.07) is 9.22. The van der Waals surface area contributed by atoms with Gasteiger partial charge in [-0.15, -0.1) is 0 Å². The molecule has 2 aliphatic rings. The number of anilines is 1. The molecule has 1 saturated heterocycles. The Morgan fingerprint density at radius 1 is 1.31 bits per heavy atom. The van der Waals surface area contributed by atoms with Crippen LogP contribution in [0.1, 0.15) is 19.3 Å². The van der Waals surface area contributed by atoms with E-state index in [-0.39, 0.29) is 0 Å². The number of nitrogens with zero attached hydrogens (tertiary/aromatic N) is 3. The molecule has 1 aromatic rings. The maximum Gasteiger partial charge on any atom is 0.191 e. The summed E-state index contributed by atoms with van der Waals surface area (Å²) in [5, 5.41) is 7.12. The molecule has 0 radical (unpaired) electrons. The summed E-state index contributed by atoms with van der Waals surface area (Å²) >= 11 is 0. The van der Waals surface area contributed by atoms with Crippen molar-refractivity contribution < 1.29 is 4.74 Å². The molecule has 2 unspecified atom stereocenters. The van der Waals surface area contributed by atoms with Gasteiger partial charge in [-0.2, -0.15) is 0 Å². The lowest BCUT2D eigenvalue weighted by Gasteiger charge is -2.26. The van der Waals surface area contributed by atoms with Gasteiger partial charge in [0, 0.05) is 38.8 Å². The van der Waals surface area contributed by atoms with E-state index in [0.29, 0.717) is 12.1 Å². The summed E-state index contributed by atoms with van der Waals surface area (Å²) in [6.45, 7) is 2.93. The van der Waals surface area contributed by atoms with Crippen LogP contribution in [-0.2, 0) is 0 Å². The zero-order valence-electron chi connectivity index (χ0n) is 16.5. The Morgan fingerprint density at radius 2 is 2.08 bits per heavy atom. The zero-order valence-corrected chi connectivity index (χ0v) is 16.5. The molecule has 0 amide bonds. The molecular formula is C20H33N5O. The number of methoxy groups -OCH3 is 1. The highest BCUT2D eigenvalue weighted by Crippen LogP contribution is 2.34. The topological polar surface area (TPSA) is 52.1 Å². The highest BCUT2D eigenvalue weighted by atomic mass is 16.5. The third kappa shape index (κ3) is 4.61. The smallest absolute Gasteiger partial charge is 0.191 e. The van der Waals surface area contributed by atoms with Crippen molar-refractivity contribution in [2.24, 2.45) is 10.9 Å². The van der Waals surface area contributed by atoms with Gasteiger partial charge >= 0.3 is 0 Å². The fraction of sp³-hybridized carbons (Fsp3) is 0.650. The Kier molecular flexibility index (Phi) is 6.25. The van der Waals surface area contributed by atoms with E-state index in [9.17, 15) is 0 Å². The summed E-state index contributed by atoms with van der Waals surface area (Å²) < 4.78 is 5.51. The van der Waals surface area contributed by atoms with Crippen LogP contribution < -0.4 is 20.3 Å². The molecule has 2 atom stereocenters. The monoisotopic (exact) mass is 359 g/mol. The fourth-order valence-corrected chi connectivity index (χ4v) is 3.83. The number of hydrogen-bond donors (Lipinski definition) is 2. The van der Waals surface area contributed by atoms with Crippen molar-refractivity contribution in [2.45, 2.75) is 31.3 Å². The molecule has 2 fully saturated rings. The average molecular weight is 360 g/mol. The normalized spacial score (nSPS) is 21.8. The highest BCUT2D eigenvalue weighted by Gasteiger charge is 2.32. The average Bonchev–Trinajstić information content (AvgIpc) is 3.38. The predicted molar refractivity (Wildman–Crippen MR) is 108 cm³/mol. The quantitative estimate of drug-likeness (QED) is 0.574. The van der Waals surface area contributed by atoms with Gasteiger partial charge in [0.1, 0.15) is 5.75 Å². The number of rotatable bonds is 7. The number of guanidine groups is 1. The Morgan fingerprint density at radius 3 is 2.73 bits per heavy atom. The molecule has 1 aliphatic heterocycles. The van der Waals surface area contributed by atoms with Crippen molar-refractivity contribution in [3.8, 4) is 5.75 Å². The maximum atomic E-state index is 5.51. The lowest BCUT2D eigenvalue weighted by molar-refractivity contribution is 0.264. The van der Waals surface area contributed by atoms with Crippen LogP contribution in [-0.4, -0.2) is 70.8 Å². The van der Waals surface area contributed by atoms with Crippen molar-refractivity contribution in [1.29, 1.82) is 0 Å². The van der Waals surface area contributed by atoms with Gasteiger partial charge < -0.3 is 25.2 Å². The SMILES string of the molecule is CN=C(NCC(C1CC1)N(C)C)NC1CCN(c2ccccc2OC)C1. The van der Waals surface area contributed by atoms with Crippen LogP contribution in [0.3, 0.4) is 0 Å². The highest BCUT2D eigenvalue weighted by molar-refractivity contribution is 5.80. The first-order valence-corrected chi connectivity index (χ1v) is 9.64. The molecule has 6 heteroatoms. The van der Waals surface area contributed by atoms with Gasteiger partial charge in [-0.05, 0) is 51.4 Å². The molecular weight excluding hydrogens is 326 g/mol. The number of benzene rings is 1. The molecule has 0 aromatic heterocycles. The van der Waals surface area contributed by atoms with E-state index in [1.165, 1.54) is 18.5 Å². The molecule has 1 heterocycles. The van der Waals surface area contributed by atoms with Crippen LogP contribution in [0.15, 0.2) is 29.3 Å². The second-order valence-electron chi connectivity index (χ2n) is 7.57. The predicted octanol–water partition coefficient (Wildman–Crippen LogP) is 1.78. The number of likely N-dealkylation sites (N-methyl/N-ethyl adjacent to an activating group) is 1. The van der Waals surface area contributed by atoms with Gasteiger partial charge in [0.05, 0.1) is 12.8 Å². The molecule has 1 aromatic carbocycles. The van der Waals surface area contributed by atoms with Crippen molar-refractivity contribution in [1.82, 2.24) is 15.5 Å². The van der Waals surface area contributed by atoms with Gasteiger partial charge in [0.15, 0.2) is 5.96 Å². The van der Waals surface area contributed by atoms with E-state index in [2.05, 4.69) is 51.7 Å². The van der Waals surface area contributed by atoms with Crippen LogP contribution in [0.25, 0.3) is 0 Å². The molecule has 26 heavy (non-hydrogen) atoms. The van der Waals surface area contributed by atoms with Crippen LogP contribution in [0.5, 0.6) is 5.75 Å². The minimum absolute atomic E-state index is 0.393. The van der Waals surface area contributed by atoms with Crippen molar-refractivity contribution >= 4 is 11.6 Å². The largest absolute Gasteiger partial charge is 0.495 e. The molecule has 1 aliphatic carbocycles. The Labute approximate surface area is 157 Å². The van der Waals surface area contributed by atoms with Gasteiger partial charge in [-0.25, -0.2) is 0 Å². The number of aliphatic imine (C=N–C) groups is 1. The lowest BCUT2D eigenvalue weighted by Crippen LogP contribution is -2.49. The van der Waals surface area contributed by atoms with Crippen molar-refractivity contribution in [3.63, 3.8) is 0 Å². The molecule has 0 bridgehead atoms. The molecule has 6 nitrogen and oxygen atoms in total. The standard InChI is InChI=1S/C20H33N5O/c1-21-20(22-13-18(24(2)3)15-9-10-15)23-16-11-12-25(14-16)17-7-5-6-8-19(17)26-4/h5-8,15-16,18H,9-14H2,1-4H3,(H2,21,22,23). The molecule has 2 N–H and O–H groups in total.